The maximum Gasteiger partial charge on any atom is 0.345 e. The number of carbonyl (C=O) groups is 1. The first-order chi connectivity index (χ1) is 13.6. The molecule has 2 aromatic heterocycles. The predicted octanol–water partition coefficient (Wildman–Crippen LogP) is 3.39. The normalized spacial score (nSPS) is 11.1. The van der Waals surface area contributed by atoms with Crippen LogP contribution in [0, 0.1) is 0 Å². The van der Waals surface area contributed by atoms with Crippen LogP contribution < -0.4 is 11.1 Å². The number of hydrazone groups is 1. The summed E-state index contributed by atoms with van der Waals surface area (Å²) in [5, 5.41) is 16.0. The summed E-state index contributed by atoms with van der Waals surface area (Å²) < 4.78 is 5.30. The molecule has 4 aromatic rings. The van der Waals surface area contributed by atoms with E-state index in [0.29, 0.717) is 16.8 Å². The molecular formula is C20H13N3O4S. The molecule has 2 heterocycles. The fourth-order valence-corrected chi connectivity index (χ4v) is 3.25. The summed E-state index contributed by atoms with van der Waals surface area (Å²) in [4.78, 5) is 28.7. The fourth-order valence-electron chi connectivity index (χ4n) is 2.55. The van der Waals surface area contributed by atoms with Crippen LogP contribution in [0.15, 0.2) is 74.3 Å². The van der Waals surface area contributed by atoms with Gasteiger partial charge in [0.15, 0.2) is 5.01 Å². The van der Waals surface area contributed by atoms with E-state index in [2.05, 4.69) is 15.5 Å². The SMILES string of the molecule is O=C(N/N=C/c1ccccc1O)c1nc(-c2cc3ccccc3oc2=O)cs1. The molecule has 0 saturated carbocycles. The highest BCUT2D eigenvalue weighted by atomic mass is 32.1. The lowest BCUT2D eigenvalue weighted by Crippen LogP contribution is -2.17. The third-order valence-corrected chi connectivity index (χ3v) is 4.76. The second-order valence-corrected chi connectivity index (χ2v) is 6.64. The van der Waals surface area contributed by atoms with Crippen LogP contribution in [-0.2, 0) is 0 Å². The predicted molar refractivity (Wildman–Crippen MR) is 107 cm³/mol. The van der Waals surface area contributed by atoms with E-state index >= 15 is 0 Å². The summed E-state index contributed by atoms with van der Waals surface area (Å²) in [7, 11) is 0. The van der Waals surface area contributed by atoms with Crippen molar-refractivity contribution in [3.63, 3.8) is 0 Å². The summed E-state index contributed by atoms with van der Waals surface area (Å²) >= 11 is 1.09. The number of benzene rings is 2. The van der Waals surface area contributed by atoms with E-state index in [9.17, 15) is 14.7 Å². The van der Waals surface area contributed by atoms with Gasteiger partial charge in [-0.25, -0.2) is 15.2 Å². The van der Waals surface area contributed by atoms with Crippen LogP contribution in [0.5, 0.6) is 5.75 Å². The largest absolute Gasteiger partial charge is 0.507 e. The van der Waals surface area contributed by atoms with Gasteiger partial charge in [0.25, 0.3) is 5.91 Å². The van der Waals surface area contributed by atoms with Crippen LogP contribution in [0.25, 0.3) is 22.2 Å². The molecule has 0 saturated heterocycles. The van der Waals surface area contributed by atoms with E-state index in [1.807, 2.05) is 12.1 Å². The van der Waals surface area contributed by atoms with E-state index in [1.165, 1.54) is 12.3 Å². The summed E-state index contributed by atoms with van der Waals surface area (Å²) in [5.74, 6) is -0.465. The number of phenols is 1. The Morgan fingerprint density at radius 2 is 1.96 bits per heavy atom. The lowest BCUT2D eigenvalue weighted by atomic mass is 10.1. The van der Waals surface area contributed by atoms with Gasteiger partial charge < -0.3 is 9.52 Å². The number of aromatic nitrogens is 1. The molecule has 0 atom stereocenters. The topological polar surface area (TPSA) is 105 Å². The lowest BCUT2D eigenvalue weighted by molar-refractivity contribution is 0.0955. The maximum absolute atomic E-state index is 12.2. The Hall–Kier alpha value is -3.78. The van der Waals surface area contributed by atoms with E-state index in [4.69, 9.17) is 4.42 Å². The molecule has 0 radical (unpaired) electrons. The average Bonchev–Trinajstić information content (AvgIpc) is 3.19. The molecule has 1 amide bonds. The minimum atomic E-state index is -0.520. The Bertz CT molecular complexity index is 1260. The molecule has 8 heteroatoms. The molecule has 0 aliphatic carbocycles. The Balaban J connectivity index is 1.54. The van der Waals surface area contributed by atoms with Gasteiger partial charge in [-0.15, -0.1) is 11.3 Å². The first-order valence-electron chi connectivity index (χ1n) is 8.22. The van der Waals surface area contributed by atoms with Gasteiger partial charge in [0.1, 0.15) is 11.3 Å². The summed E-state index contributed by atoms with van der Waals surface area (Å²) in [5.41, 5.74) is 3.43. The van der Waals surface area contributed by atoms with Crippen molar-refractivity contribution >= 4 is 34.4 Å². The quantitative estimate of drug-likeness (QED) is 0.315. The Labute approximate surface area is 162 Å². The monoisotopic (exact) mass is 391 g/mol. The van der Waals surface area contributed by atoms with Gasteiger partial charge in [-0.05, 0) is 24.3 Å². The zero-order chi connectivity index (χ0) is 19.5. The van der Waals surface area contributed by atoms with E-state index in [0.717, 1.165) is 16.7 Å². The van der Waals surface area contributed by atoms with Crippen molar-refractivity contribution in [2.45, 2.75) is 0 Å². The van der Waals surface area contributed by atoms with Crippen LogP contribution in [0.1, 0.15) is 15.4 Å². The van der Waals surface area contributed by atoms with Crippen molar-refractivity contribution in [2.75, 3.05) is 0 Å². The number of thiazole rings is 1. The molecule has 2 aromatic carbocycles. The maximum atomic E-state index is 12.2. The first-order valence-corrected chi connectivity index (χ1v) is 9.10. The Kier molecular flexibility index (Phi) is 4.69. The highest BCUT2D eigenvalue weighted by molar-refractivity contribution is 7.12. The summed E-state index contributed by atoms with van der Waals surface area (Å²) in [6.07, 6.45) is 1.33. The molecule has 0 spiro atoms. The molecular weight excluding hydrogens is 378 g/mol. The molecule has 28 heavy (non-hydrogen) atoms. The fraction of sp³-hybridized carbons (Fsp3) is 0. The van der Waals surface area contributed by atoms with Crippen LogP contribution >= 0.6 is 11.3 Å². The van der Waals surface area contributed by atoms with Crippen molar-refractivity contribution in [3.05, 3.63) is 81.0 Å². The minimum absolute atomic E-state index is 0.0556. The summed E-state index contributed by atoms with van der Waals surface area (Å²) in [6.45, 7) is 0. The summed E-state index contributed by atoms with van der Waals surface area (Å²) in [6, 6.07) is 15.5. The number of fused-ring (bicyclic) bond motifs is 1. The van der Waals surface area contributed by atoms with Gasteiger partial charge in [0.05, 0.1) is 17.5 Å². The first kappa shape index (κ1) is 17.6. The number of phenolic OH excluding ortho intramolecular Hbond substituents is 1. The van der Waals surface area contributed by atoms with Crippen molar-refractivity contribution < 1.29 is 14.3 Å². The number of carbonyl (C=O) groups excluding carboxylic acids is 1. The molecule has 0 fully saturated rings. The van der Waals surface area contributed by atoms with Crippen molar-refractivity contribution in [2.24, 2.45) is 5.10 Å². The molecule has 0 unspecified atom stereocenters. The number of amides is 1. The number of aromatic hydroxyl groups is 1. The number of rotatable bonds is 4. The highest BCUT2D eigenvalue weighted by Crippen LogP contribution is 2.23. The second-order valence-electron chi connectivity index (χ2n) is 5.78. The van der Waals surface area contributed by atoms with Crippen LogP contribution in [0.4, 0.5) is 0 Å². The second kappa shape index (κ2) is 7.45. The number of hydrogen-bond acceptors (Lipinski definition) is 7. The van der Waals surface area contributed by atoms with Crippen molar-refractivity contribution in [1.82, 2.24) is 10.4 Å². The Morgan fingerprint density at radius 1 is 1.18 bits per heavy atom. The molecule has 4 rings (SSSR count). The van der Waals surface area contributed by atoms with Crippen LogP contribution in [0.2, 0.25) is 0 Å². The van der Waals surface area contributed by atoms with Crippen LogP contribution in [-0.4, -0.2) is 22.2 Å². The van der Waals surface area contributed by atoms with E-state index < -0.39 is 11.5 Å². The van der Waals surface area contributed by atoms with Gasteiger partial charge >= 0.3 is 5.63 Å². The van der Waals surface area contributed by atoms with Crippen molar-refractivity contribution in [1.29, 1.82) is 0 Å². The third kappa shape index (κ3) is 3.53. The minimum Gasteiger partial charge on any atom is -0.507 e. The number of hydrogen-bond donors (Lipinski definition) is 2. The van der Waals surface area contributed by atoms with Gasteiger partial charge in [-0.1, -0.05) is 30.3 Å². The molecule has 138 valence electrons. The zero-order valence-electron chi connectivity index (χ0n) is 14.3. The molecule has 0 bridgehead atoms. The average molecular weight is 391 g/mol. The number of nitrogens with zero attached hydrogens (tertiary/aromatic N) is 2. The van der Waals surface area contributed by atoms with Gasteiger partial charge in [-0.3, -0.25) is 4.79 Å². The van der Waals surface area contributed by atoms with E-state index in [-0.39, 0.29) is 16.3 Å². The molecule has 0 aliphatic rings. The van der Waals surface area contributed by atoms with E-state index in [1.54, 1.807) is 41.8 Å². The lowest BCUT2D eigenvalue weighted by Gasteiger charge is -1.99. The molecule has 7 nitrogen and oxygen atoms in total. The third-order valence-electron chi connectivity index (χ3n) is 3.92. The highest BCUT2D eigenvalue weighted by Gasteiger charge is 2.15. The number of nitrogens with one attached hydrogen (secondary N) is 1. The standard InChI is InChI=1S/C20H13N3O4S/c24-16-7-3-1-6-13(16)10-21-23-18(25)19-22-15(11-28-19)14-9-12-5-2-4-8-17(12)27-20(14)26/h1-11,24H,(H,23,25)/b21-10+. The smallest absolute Gasteiger partial charge is 0.345 e. The van der Waals surface area contributed by atoms with Gasteiger partial charge in [0.2, 0.25) is 0 Å². The van der Waals surface area contributed by atoms with Gasteiger partial charge in [-0.2, -0.15) is 5.10 Å². The number of para-hydroxylation sites is 2. The molecule has 2 N–H and O–H groups in total. The van der Waals surface area contributed by atoms with Crippen LogP contribution in [0.3, 0.4) is 0 Å². The van der Waals surface area contributed by atoms with Crippen molar-refractivity contribution in [3.8, 4) is 17.0 Å². The Morgan fingerprint density at radius 3 is 2.82 bits per heavy atom. The zero-order valence-corrected chi connectivity index (χ0v) is 15.1. The molecule has 0 aliphatic heterocycles. The van der Waals surface area contributed by atoms with Gasteiger partial charge in [0, 0.05) is 16.3 Å².